The first kappa shape index (κ1) is 17.1. The summed E-state index contributed by atoms with van der Waals surface area (Å²) in [4.78, 5) is 35.0. The zero-order valence-electron chi connectivity index (χ0n) is 14.7. The van der Waals surface area contributed by atoms with E-state index in [1.165, 1.54) is 23.5 Å². The number of halogens is 1. The summed E-state index contributed by atoms with van der Waals surface area (Å²) in [6, 6.07) is 5.75. The highest BCUT2D eigenvalue weighted by Gasteiger charge is 2.43. The summed E-state index contributed by atoms with van der Waals surface area (Å²) in [5.74, 6) is 0.264. The summed E-state index contributed by atoms with van der Waals surface area (Å²) < 4.78 is 15.1. The van der Waals surface area contributed by atoms with Gasteiger partial charge in [0.1, 0.15) is 11.9 Å². The largest absolute Gasteiger partial charge is 0.345 e. The van der Waals surface area contributed by atoms with Gasteiger partial charge in [-0.15, -0.1) is 11.3 Å². The summed E-state index contributed by atoms with van der Waals surface area (Å²) in [7, 11) is 0. The molecule has 2 fully saturated rings. The predicted molar refractivity (Wildman–Crippen MR) is 101 cm³/mol. The van der Waals surface area contributed by atoms with Crippen LogP contribution in [0.5, 0.6) is 0 Å². The summed E-state index contributed by atoms with van der Waals surface area (Å²) in [5, 5.41) is 5.30. The lowest BCUT2D eigenvalue weighted by Gasteiger charge is -2.28. The maximum Gasteiger partial charge on any atom is 0.243 e. The monoisotopic (exact) mass is 397 g/mol. The molecule has 2 saturated heterocycles. The average molecular weight is 397 g/mol. The Hall–Kier alpha value is -3.07. The lowest BCUT2D eigenvalue weighted by atomic mass is 10.1. The molecule has 0 unspecified atom stereocenters. The van der Waals surface area contributed by atoms with Crippen LogP contribution in [0.2, 0.25) is 0 Å². The van der Waals surface area contributed by atoms with Gasteiger partial charge < -0.3 is 14.8 Å². The number of imidazole rings is 1. The molecule has 1 aromatic carbocycles. The van der Waals surface area contributed by atoms with Crippen LogP contribution < -0.4 is 5.32 Å². The summed E-state index contributed by atoms with van der Waals surface area (Å²) in [6.45, 7) is 0.544. The van der Waals surface area contributed by atoms with Crippen molar-refractivity contribution in [2.45, 2.75) is 18.5 Å². The number of piperazine rings is 1. The minimum Gasteiger partial charge on any atom is -0.345 e. The first-order chi connectivity index (χ1) is 13.6. The van der Waals surface area contributed by atoms with Gasteiger partial charge in [0.05, 0.1) is 18.3 Å². The predicted octanol–water partition coefficient (Wildman–Crippen LogP) is 2.08. The van der Waals surface area contributed by atoms with Crippen molar-refractivity contribution in [2.24, 2.45) is 0 Å². The van der Waals surface area contributed by atoms with Crippen molar-refractivity contribution in [3.8, 4) is 22.1 Å². The van der Waals surface area contributed by atoms with Crippen molar-refractivity contribution in [2.75, 3.05) is 13.1 Å². The van der Waals surface area contributed by atoms with Gasteiger partial charge in [-0.1, -0.05) is 0 Å². The first-order valence-corrected chi connectivity index (χ1v) is 9.80. The lowest BCUT2D eigenvalue weighted by molar-refractivity contribution is -0.143. The SMILES string of the molecule is O=C1NCC(=O)N2C[C@H](n3ccnc3-c3nc(-c4ccc(F)cc4)cs3)C[C@@H]12. The van der Waals surface area contributed by atoms with Gasteiger partial charge in [-0.3, -0.25) is 9.59 Å². The zero-order chi connectivity index (χ0) is 19.3. The smallest absolute Gasteiger partial charge is 0.243 e. The van der Waals surface area contributed by atoms with Crippen LogP contribution in [0.4, 0.5) is 4.39 Å². The quantitative estimate of drug-likeness (QED) is 0.734. The molecule has 2 amide bonds. The maximum atomic E-state index is 13.2. The Morgan fingerprint density at radius 1 is 1.21 bits per heavy atom. The molecule has 3 aromatic rings. The minimum atomic E-state index is -0.424. The second-order valence-electron chi connectivity index (χ2n) is 6.87. The average Bonchev–Trinajstić information content (AvgIpc) is 3.43. The Labute approximate surface area is 163 Å². The van der Waals surface area contributed by atoms with Crippen LogP contribution >= 0.6 is 11.3 Å². The van der Waals surface area contributed by atoms with E-state index in [-0.39, 0.29) is 30.2 Å². The Balaban J connectivity index is 1.44. The van der Waals surface area contributed by atoms with E-state index < -0.39 is 6.04 Å². The van der Waals surface area contributed by atoms with Crippen LogP contribution in [-0.2, 0) is 9.59 Å². The van der Waals surface area contributed by atoms with E-state index in [2.05, 4.69) is 15.3 Å². The van der Waals surface area contributed by atoms with E-state index in [1.807, 2.05) is 16.1 Å². The molecule has 0 spiro atoms. The number of nitrogens with zero attached hydrogens (tertiary/aromatic N) is 4. The van der Waals surface area contributed by atoms with Crippen LogP contribution in [0.1, 0.15) is 12.5 Å². The van der Waals surface area contributed by atoms with Crippen molar-refractivity contribution in [1.29, 1.82) is 0 Å². The van der Waals surface area contributed by atoms with Gasteiger partial charge in [-0.2, -0.15) is 0 Å². The number of nitrogens with one attached hydrogen (secondary N) is 1. The van der Waals surface area contributed by atoms with E-state index in [9.17, 15) is 14.0 Å². The third-order valence-electron chi connectivity index (χ3n) is 5.21. The van der Waals surface area contributed by atoms with Crippen LogP contribution in [0.25, 0.3) is 22.1 Å². The van der Waals surface area contributed by atoms with Crippen molar-refractivity contribution < 1.29 is 14.0 Å². The van der Waals surface area contributed by atoms with Crippen LogP contribution in [-0.4, -0.2) is 50.4 Å². The molecule has 4 heterocycles. The number of aromatic nitrogens is 3. The number of thiazole rings is 1. The second kappa shape index (κ2) is 6.52. The molecule has 2 aromatic heterocycles. The topological polar surface area (TPSA) is 80.1 Å². The molecule has 2 aliphatic rings. The van der Waals surface area contributed by atoms with Crippen LogP contribution in [0.15, 0.2) is 42.0 Å². The van der Waals surface area contributed by atoms with Crippen molar-refractivity contribution >= 4 is 23.2 Å². The molecule has 0 radical (unpaired) electrons. The summed E-state index contributed by atoms with van der Waals surface area (Å²) in [6.07, 6.45) is 4.12. The van der Waals surface area contributed by atoms with E-state index in [1.54, 1.807) is 23.2 Å². The number of carbonyl (C=O) groups is 2. The molecule has 0 aliphatic carbocycles. The Kier molecular flexibility index (Phi) is 3.97. The second-order valence-corrected chi connectivity index (χ2v) is 7.73. The van der Waals surface area contributed by atoms with Crippen molar-refractivity contribution in [1.82, 2.24) is 24.8 Å². The van der Waals surface area contributed by atoms with E-state index in [4.69, 9.17) is 0 Å². The summed E-state index contributed by atoms with van der Waals surface area (Å²) >= 11 is 1.46. The fourth-order valence-electron chi connectivity index (χ4n) is 3.82. The van der Waals surface area contributed by atoms with Crippen LogP contribution in [0, 0.1) is 5.82 Å². The molecule has 5 rings (SSSR count). The highest BCUT2D eigenvalue weighted by molar-refractivity contribution is 7.13. The van der Waals surface area contributed by atoms with Gasteiger partial charge in [0.2, 0.25) is 11.8 Å². The zero-order valence-corrected chi connectivity index (χ0v) is 15.5. The number of rotatable bonds is 3. The molecule has 0 bridgehead atoms. The van der Waals surface area contributed by atoms with Gasteiger partial charge in [0.15, 0.2) is 10.8 Å². The number of benzene rings is 1. The van der Waals surface area contributed by atoms with E-state index in [0.29, 0.717) is 18.8 Å². The molecular formula is C19H16FN5O2S. The minimum absolute atomic E-state index is 0.0338. The van der Waals surface area contributed by atoms with E-state index in [0.717, 1.165) is 16.3 Å². The molecular weight excluding hydrogens is 381 g/mol. The summed E-state index contributed by atoms with van der Waals surface area (Å²) in [5.41, 5.74) is 1.59. The molecule has 142 valence electrons. The Morgan fingerprint density at radius 2 is 2.04 bits per heavy atom. The normalized spacial score (nSPS) is 21.7. The number of hydrogen-bond donors (Lipinski definition) is 1. The number of amides is 2. The third kappa shape index (κ3) is 2.78. The molecule has 1 N–H and O–H groups in total. The lowest BCUT2D eigenvalue weighted by Crippen LogP contribution is -2.55. The molecule has 28 heavy (non-hydrogen) atoms. The van der Waals surface area contributed by atoms with Crippen LogP contribution in [0.3, 0.4) is 0 Å². The third-order valence-corrected chi connectivity index (χ3v) is 6.05. The molecule has 9 heteroatoms. The maximum absolute atomic E-state index is 13.2. The Bertz CT molecular complexity index is 1040. The van der Waals surface area contributed by atoms with Gasteiger partial charge in [-0.05, 0) is 30.7 Å². The molecule has 0 saturated carbocycles. The van der Waals surface area contributed by atoms with Crippen molar-refractivity contribution in [3.05, 3.63) is 47.9 Å². The fraction of sp³-hybridized carbons (Fsp3) is 0.263. The standard InChI is InChI=1S/C19H16FN5O2S/c20-12-3-1-11(2-4-12)14-10-28-19(23-14)17-21-5-6-24(17)13-7-15-18(27)22-8-16(26)25(15)9-13/h1-6,10,13,15H,7-9H2,(H,22,27)/t13-,15+/m1/s1. The van der Waals surface area contributed by atoms with Gasteiger partial charge in [0, 0.05) is 29.9 Å². The number of fused-ring (bicyclic) bond motifs is 1. The molecule has 7 nitrogen and oxygen atoms in total. The van der Waals surface area contributed by atoms with E-state index >= 15 is 0 Å². The first-order valence-electron chi connectivity index (χ1n) is 8.92. The Morgan fingerprint density at radius 3 is 2.82 bits per heavy atom. The van der Waals surface area contributed by atoms with Gasteiger partial charge in [-0.25, -0.2) is 14.4 Å². The highest BCUT2D eigenvalue weighted by Crippen LogP contribution is 2.34. The van der Waals surface area contributed by atoms with Crippen molar-refractivity contribution in [3.63, 3.8) is 0 Å². The fourth-order valence-corrected chi connectivity index (χ4v) is 4.65. The van der Waals surface area contributed by atoms with Gasteiger partial charge >= 0.3 is 0 Å². The molecule has 2 atom stereocenters. The van der Waals surface area contributed by atoms with Gasteiger partial charge in [0.25, 0.3) is 0 Å². The highest BCUT2D eigenvalue weighted by atomic mass is 32.1. The molecule has 2 aliphatic heterocycles. The number of hydrogen-bond acceptors (Lipinski definition) is 5. The number of carbonyl (C=O) groups excluding carboxylic acids is 2.